The molecule has 0 fully saturated rings. The van der Waals surface area contributed by atoms with Crippen molar-refractivity contribution in [1.82, 2.24) is 10.1 Å². The van der Waals surface area contributed by atoms with Crippen molar-refractivity contribution in [1.29, 1.82) is 0 Å². The largest absolute Gasteiger partial charge is 0.462 e. The lowest BCUT2D eigenvalue weighted by Crippen LogP contribution is -2.60. The Morgan fingerprint density at radius 3 is 2.48 bits per heavy atom. The van der Waals surface area contributed by atoms with Crippen molar-refractivity contribution in [3.8, 4) is 22.6 Å². The zero-order valence-corrected chi connectivity index (χ0v) is 23.8. The van der Waals surface area contributed by atoms with Gasteiger partial charge in [-0.25, -0.2) is 9.69 Å². The summed E-state index contributed by atoms with van der Waals surface area (Å²) in [5, 5.41) is 5.25. The van der Waals surface area contributed by atoms with Crippen molar-refractivity contribution in [3.63, 3.8) is 0 Å². The second-order valence-electron chi connectivity index (χ2n) is 9.61. The van der Waals surface area contributed by atoms with Gasteiger partial charge in [-0.2, -0.15) is 0 Å². The molecule has 0 saturated heterocycles. The molecule has 1 amide bonds. The fraction of sp³-hybridized carbons (Fsp3) is 0.156. The van der Waals surface area contributed by atoms with Gasteiger partial charge in [0.15, 0.2) is 5.76 Å². The van der Waals surface area contributed by atoms with Crippen molar-refractivity contribution in [3.05, 3.63) is 118 Å². The van der Waals surface area contributed by atoms with E-state index in [4.69, 9.17) is 14.3 Å². The molecule has 5 aromatic rings. The molecule has 0 saturated carbocycles. The first-order chi connectivity index (χ1) is 20.4. The third-order valence-electron chi connectivity index (χ3n) is 6.88. The summed E-state index contributed by atoms with van der Waals surface area (Å²) in [4.78, 5) is 43.3. The number of fused-ring (bicyclic) bond motifs is 3. The molecule has 6 rings (SSSR count). The zero-order valence-electron chi connectivity index (χ0n) is 22.9. The van der Waals surface area contributed by atoms with Crippen molar-refractivity contribution in [2.24, 2.45) is 0 Å². The van der Waals surface area contributed by atoms with Gasteiger partial charge in [-0.15, -0.1) is 0 Å². The Labute approximate surface area is 245 Å². The third kappa shape index (κ3) is 5.12. The second-order valence-corrected chi connectivity index (χ2v) is 10.6. The molecule has 3 aromatic carbocycles. The van der Waals surface area contributed by atoms with E-state index in [0.717, 1.165) is 11.1 Å². The number of benzene rings is 3. The van der Waals surface area contributed by atoms with Crippen LogP contribution in [0.1, 0.15) is 41.7 Å². The summed E-state index contributed by atoms with van der Waals surface area (Å²) in [6.45, 7) is 3.53. The number of carbonyl (C=O) groups excluding carboxylic acids is 2. The number of nitrogens with one attached hydrogen (secondary N) is 1. The van der Waals surface area contributed by atoms with E-state index in [1.165, 1.54) is 18.7 Å². The summed E-state index contributed by atoms with van der Waals surface area (Å²) < 4.78 is 13.0. The highest BCUT2D eigenvalue weighted by Crippen LogP contribution is 2.38. The van der Waals surface area contributed by atoms with Crippen LogP contribution in [0.25, 0.3) is 22.6 Å². The van der Waals surface area contributed by atoms with Crippen LogP contribution in [0.3, 0.4) is 0 Å². The highest BCUT2D eigenvalue weighted by atomic mass is 32.2. The van der Waals surface area contributed by atoms with E-state index >= 15 is 0 Å². The first-order valence-corrected chi connectivity index (χ1v) is 14.4. The highest BCUT2D eigenvalue weighted by Gasteiger charge is 2.46. The normalized spacial score (nSPS) is 13.8. The van der Waals surface area contributed by atoms with Crippen LogP contribution in [0.4, 0.5) is 5.69 Å². The Balaban J connectivity index is 1.43. The van der Waals surface area contributed by atoms with Gasteiger partial charge in [0.05, 0.1) is 23.4 Å². The van der Waals surface area contributed by atoms with Gasteiger partial charge < -0.3 is 9.15 Å². The predicted molar refractivity (Wildman–Crippen MR) is 158 cm³/mol. The van der Waals surface area contributed by atoms with Crippen LogP contribution in [0, 0.1) is 0 Å². The van der Waals surface area contributed by atoms with E-state index in [1.807, 2.05) is 48.5 Å². The van der Waals surface area contributed by atoms with Crippen LogP contribution < -0.4 is 15.1 Å². The van der Waals surface area contributed by atoms with Gasteiger partial charge in [-0.3, -0.25) is 14.6 Å². The van der Waals surface area contributed by atoms with Gasteiger partial charge in [0.1, 0.15) is 5.76 Å². The van der Waals surface area contributed by atoms with Crippen molar-refractivity contribution >= 4 is 29.3 Å². The van der Waals surface area contributed by atoms with E-state index in [0.29, 0.717) is 51.5 Å². The Morgan fingerprint density at radius 2 is 1.74 bits per heavy atom. The van der Waals surface area contributed by atoms with Gasteiger partial charge >= 0.3 is 23.4 Å². The molecule has 0 bridgehead atoms. The molecule has 2 aromatic heterocycles. The Morgan fingerprint density at radius 1 is 1.00 bits per heavy atom. The summed E-state index contributed by atoms with van der Waals surface area (Å²) in [6.07, 6.45) is -0.849. The second kappa shape index (κ2) is 11.5. The lowest BCUT2D eigenvalue weighted by molar-refractivity contribution is -0.764. The Kier molecular flexibility index (Phi) is 7.45. The number of esters is 1. The number of rotatable bonds is 7. The van der Waals surface area contributed by atoms with Gasteiger partial charge in [0, 0.05) is 23.3 Å². The average molecular weight is 580 g/mol. The number of aromatic amines is 1. The number of furan rings is 1. The number of hydrogen-bond acceptors (Lipinski definition) is 7. The van der Waals surface area contributed by atoms with Crippen LogP contribution in [-0.2, 0) is 15.3 Å². The summed E-state index contributed by atoms with van der Waals surface area (Å²) >= 11 is 1.40. The minimum Gasteiger partial charge on any atom is -0.462 e. The van der Waals surface area contributed by atoms with Gasteiger partial charge in [0.2, 0.25) is 11.1 Å². The van der Waals surface area contributed by atoms with Gasteiger partial charge in [-0.1, -0.05) is 66.4 Å². The molecule has 1 aliphatic rings. The molecular weight excluding hydrogens is 552 g/mol. The fourth-order valence-electron chi connectivity index (χ4n) is 4.99. The van der Waals surface area contributed by atoms with E-state index < -0.39 is 12.1 Å². The number of ether oxygens (including phenoxy) is 1. The molecule has 42 heavy (non-hydrogen) atoms. The van der Waals surface area contributed by atoms with E-state index in [1.54, 1.807) is 59.0 Å². The maximum atomic E-state index is 13.6. The smallest absolute Gasteiger partial charge is 0.338 e. The number of para-hydroxylation sites is 1. The highest BCUT2D eigenvalue weighted by molar-refractivity contribution is 7.98. The molecule has 0 unspecified atom stereocenters. The lowest BCUT2D eigenvalue weighted by Gasteiger charge is -2.30. The molecule has 1 aliphatic heterocycles. The van der Waals surface area contributed by atoms with E-state index in [-0.39, 0.29) is 11.5 Å². The standard InChI is InChI=1S/C32H26N4O5S/c1-3-40-31(39)23-15-13-22(14-16-23)26-17-18-27(41-26)30-35(20(2)37)25-12-8-7-11-24(25)28-29(38)33-32(34-36(28)30)42-19-21-9-5-4-6-10-21/h4-18,30H,3,19H2,1-2H3/p+1/t30-/m1/s1. The number of nitrogens with zero attached hydrogens (tertiary/aromatic N) is 3. The summed E-state index contributed by atoms with van der Waals surface area (Å²) in [5.74, 6) is 0.935. The fourth-order valence-corrected chi connectivity index (χ4v) is 5.80. The van der Waals surface area contributed by atoms with Crippen LogP contribution in [0.5, 0.6) is 0 Å². The summed E-state index contributed by atoms with van der Waals surface area (Å²) in [5.41, 5.74) is 3.46. The minimum absolute atomic E-state index is 0.233. The number of amides is 1. The summed E-state index contributed by atoms with van der Waals surface area (Å²) in [7, 11) is 0. The molecular formula is C32H27N4O5S+. The molecule has 1 atom stereocenters. The molecule has 0 aliphatic carbocycles. The van der Waals surface area contributed by atoms with Crippen molar-refractivity contribution < 1.29 is 23.4 Å². The maximum Gasteiger partial charge on any atom is 0.338 e. The van der Waals surface area contributed by atoms with Crippen LogP contribution in [0.15, 0.2) is 105 Å². The molecule has 0 spiro atoms. The summed E-state index contributed by atoms with van der Waals surface area (Å²) in [6, 6.07) is 27.6. The Bertz CT molecular complexity index is 1830. The predicted octanol–water partition coefficient (Wildman–Crippen LogP) is 5.37. The van der Waals surface area contributed by atoms with Crippen LogP contribution >= 0.6 is 11.8 Å². The molecule has 1 N–H and O–H groups in total. The number of anilines is 1. The number of carbonyl (C=O) groups is 2. The first kappa shape index (κ1) is 27.2. The number of aromatic nitrogens is 3. The number of hydrogen-bond donors (Lipinski definition) is 1. The van der Waals surface area contributed by atoms with Crippen molar-refractivity contribution in [2.75, 3.05) is 11.5 Å². The number of thioether (sulfide) groups is 1. The van der Waals surface area contributed by atoms with Gasteiger partial charge in [0.25, 0.3) is 0 Å². The zero-order chi connectivity index (χ0) is 29.2. The quantitative estimate of drug-likeness (QED) is 0.157. The molecule has 3 heterocycles. The lowest BCUT2D eigenvalue weighted by atomic mass is 10.0. The van der Waals surface area contributed by atoms with E-state index in [2.05, 4.69) is 4.98 Å². The first-order valence-electron chi connectivity index (χ1n) is 13.4. The molecule has 10 heteroatoms. The average Bonchev–Trinajstić information content (AvgIpc) is 3.50. The topological polar surface area (TPSA) is 109 Å². The monoisotopic (exact) mass is 579 g/mol. The molecule has 0 radical (unpaired) electrons. The van der Waals surface area contributed by atoms with Crippen LogP contribution in [0.2, 0.25) is 0 Å². The molecule has 9 nitrogen and oxygen atoms in total. The van der Waals surface area contributed by atoms with Crippen molar-refractivity contribution in [2.45, 2.75) is 30.9 Å². The van der Waals surface area contributed by atoms with E-state index in [9.17, 15) is 14.4 Å². The van der Waals surface area contributed by atoms with Gasteiger partial charge in [-0.05, 0) is 53.6 Å². The maximum absolute atomic E-state index is 13.6. The minimum atomic E-state index is -0.849. The number of H-pyrrole nitrogens is 1. The third-order valence-corrected chi connectivity index (χ3v) is 7.81. The Hall–Kier alpha value is -4.96. The SMILES string of the molecule is CCOC(=O)c1ccc(-c2ccc([C@@H]3N(C(C)=O)c4ccccc4-c4c(=O)[nH]c(SCc5ccccc5)n[n+]43)o2)cc1. The van der Waals surface area contributed by atoms with Crippen LogP contribution in [-0.4, -0.2) is 28.6 Å². The molecule has 210 valence electrons.